The van der Waals surface area contributed by atoms with Crippen LogP contribution in [0.1, 0.15) is 35.5 Å². The highest BCUT2D eigenvalue weighted by Crippen LogP contribution is 2.39. The van der Waals surface area contributed by atoms with Crippen LogP contribution in [0.2, 0.25) is 0 Å². The molecule has 2 amide bonds. The lowest BCUT2D eigenvalue weighted by atomic mass is 9.96. The van der Waals surface area contributed by atoms with E-state index in [0.717, 1.165) is 28.3 Å². The van der Waals surface area contributed by atoms with Crippen LogP contribution in [0.4, 0.5) is 29.6 Å². The average molecular weight is 551 g/mol. The number of nitrogens with one attached hydrogen (secondary N) is 2. The Kier molecular flexibility index (Phi) is 7.83. The second-order valence-corrected chi connectivity index (χ2v) is 9.96. The number of benzene rings is 1. The number of likely N-dealkylation sites (tertiary alicyclic amines) is 1. The summed E-state index contributed by atoms with van der Waals surface area (Å²) >= 11 is 1.29. The number of rotatable bonds is 6. The molecule has 4 rings (SSSR count). The maximum atomic E-state index is 13.0. The van der Waals surface area contributed by atoms with Gasteiger partial charge in [-0.25, -0.2) is 19.7 Å². The zero-order valence-electron chi connectivity index (χ0n) is 20.2. The van der Waals surface area contributed by atoms with E-state index in [1.165, 1.54) is 16.2 Å². The number of aliphatic hydroxyl groups is 1. The average Bonchev–Trinajstić information content (AvgIpc) is 3.27. The Balaban J connectivity index is 1.50. The molecule has 0 aliphatic carbocycles. The maximum absolute atomic E-state index is 13.0. The molecule has 14 heteroatoms. The molecule has 38 heavy (non-hydrogen) atoms. The number of aliphatic carboxylic acids is 1. The lowest BCUT2D eigenvalue weighted by Crippen LogP contribution is -2.42. The van der Waals surface area contributed by atoms with Gasteiger partial charge in [-0.3, -0.25) is 4.79 Å². The number of carboxylic acids is 1. The van der Waals surface area contributed by atoms with E-state index in [2.05, 4.69) is 25.6 Å². The molecule has 202 valence electrons. The van der Waals surface area contributed by atoms with Crippen molar-refractivity contribution in [2.24, 2.45) is 0 Å². The van der Waals surface area contributed by atoms with Gasteiger partial charge in [0.15, 0.2) is 0 Å². The summed E-state index contributed by atoms with van der Waals surface area (Å²) in [7, 11) is 0. The van der Waals surface area contributed by atoms with Crippen molar-refractivity contribution in [3.05, 3.63) is 52.9 Å². The van der Waals surface area contributed by atoms with Crippen molar-refractivity contribution in [3.63, 3.8) is 0 Å². The minimum absolute atomic E-state index is 0.189. The molecular formula is C24H25F3N6O4S. The van der Waals surface area contributed by atoms with Gasteiger partial charge in [0.05, 0.1) is 4.88 Å². The number of hydrogen-bond donors (Lipinski definition) is 4. The van der Waals surface area contributed by atoms with Crippen molar-refractivity contribution >= 4 is 35.0 Å². The fourth-order valence-corrected chi connectivity index (χ4v) is 5.17. The summed E-state index contributed by atoms with van der Waals surface area (Å²) in [4.78, 5) is 37.0. The Morgan fingerprint density at radius 2 is 1.97 bits per heavy atom. The molecule has 3 aromatic rings. The number of aryl methyl sites for hydroxylation is 1. The Morgan fingerprint density at radius 1 is 1.18 bits per heavy atom. The number of carbonyl (C=O) groups is 2. The van der Waals surface area contributed by atoms with E-state index in [0.29, 0.717) is 30.1 Å². The third kappa shape index (κ3) is 6.55. The molecule has 2 aromatic heterocycles. The van der Waals surface area contributed by atoms with Crippen LogP contribution in [-0.4, -0.2) is 61.7 Å². The number of hydrogen-bond acceptors (Lipinski definition) is 8. The molecule has 1 saturated heterocycles. The van der Waals surface area contributed by atoms with E-state index in [1.54, 1.807) is 18.3 Å². The van der Waals surface area contributed by atoms with Gasteiger partial charge in [-0.1, -0.05) is 6.07 Å². The first-order valence-electron chi connectivity index (χ1n) is 11.7. The highest BCUT2D eigenvalue weighted by atomic mass is 32.1. The summed E-state index contributed by atoms with van der Waals surface area (Å²) in [5, 5.41) is 25.8. The topological polar surface area (TPSA) is 141 Å². The van der Waals surface area contributed by atoms with Crippen molar-refractivity contribution in [1.82, 2.24) is 25.2 Å². The third-order valence-corrected chi connectivity index (χ3v) is 7.20. The first kappa shape index (κ1) is 27.3. The molecule has 0 saturated carbocycles. The van der Waals surface area contributed by atoms with Gasteiger partial charge in [0.2, 0.25) is 5.95 Å². The summed E-state index contributed by atoms with van der Waals surface area (Å²) in [5.74, 6) is -1.33. The molecule has 0 bridgehead atoms. The van der Waals surface area contributed by atoms with Crippen molar-refractivity contribution in [2.45, 2.75) is 38.0 Å². The van der Waals surface area contributed by atoms with Gasteiger partial charge < -0.3 is 25.7 Å². The molecule has 1 aliphatic heterocycles. The lowest BCUT2D eigenvalue weighted by molar-refractivity contribution is -0.141. The van der Waals surface area contributed by atoms with Gasteiger partial charge in [-0.2, -0.15) is 13.2 Å². The molecule has 0 radical (unpaired) electrons. The van der Waals surface area contributed by atoms with Crippen LogP contribution in [0.5, 0.6) is 0 Å². The van der Waals surface area contributed by atoms with Gasteiger partial charge in [-0.15, -0.1) is 11.3 Å². The molecule has 1 aliphatic rings. The lowest BCUT2D eigenvalue weighted by Gasteiger charge is -2.24. The number of thiazole rings is 1. The summed E-state index contributed by atoms with van der Waals surface area (Å²) in [5.41, 5.74) is -0.241. The Hall–Kier alpha value is -3.78. The number of alkyl halides is 3. The standard InChI is InChI=1S/C24H25F3N6O4S/c1-14-9-15(11-16(10-14)31-21-28-6-3-18(32-21)24(25,26)27)17-12-29-20(38-17)23(37)4-2-7-33(8-5-23)22(36)30-13-19(34)35/h3,6,9-12,37H,2,4-5,7-8,13H2,1H3,(H,30,36)(H,34,35)(H,28,31,32). The second kappa shape index (κ2) is 10.9. The van der Waals surface area contributed by atoms with Gasteiger partial charge in [0, 0.05) is 37.6 Å². The number of halogens is 3. The van der Waals surface area contributed by atoms with Gasteiger partial charge in [0.1, 0.15) is 22.8 Å². The number of carbonyl (C=O) groups excluding carboxylic acids is 1. The van der Waals surface area contributed by atoms with E-state index in [4.69, 9.17) is 5.11 Å². The van der Waals surface area contributed by atoms with E-state index in [-0.39, 0.29) is 18.9 Å². The largest absolute Gasteiger partial charge is 0.480 e. The van der Waals surface area contributed by atoms with Crippen molar-refractivity contribution < 1.29 is 33.0 Å². The zero-order chi connectivity index (χ0) is 27.5. The van der Waals surface area contributed by atoms with E-state index in [9.17, 15) is 27.9 Å². The molecule has 1 atom stereocenters. The van der Waals surface area contributed by atoms with Crippen LogP contribution in [-0.2, 0) is 16.6 Å². The van der Waals surface area contributed by atoms with E-state index < -0.39 is 36.0 Å². The van der Waals surface area contributed by atoms with Crippen LogP contribution in [0.25, 0.3) is 10.4 Å². The quantitative estimate of drug-likeness (QED) is 0.359. The summed E-state index contributed by atoms with van der Waals surface area (Å²) in [6.07, 6.45) is -0.826. The monoisotopic (exact) mass is 550 g/mol. The Morgan fingerprint density at radius 3 is 2.71 bits per heavy atom. The Labute approximate surface area is 219 Å². The minimum atomic E-state index is -4.59. The van der Waals surface area contributed by atoms with Crippen LogP contribution in [0.3, 0.4) is 0 Å². The maximum Gasteiger partial charge on any atom is 0.433 e. The molecule has 1 fully saturated rings. The number of aromatic nitrogens is 3. The number of nitrogens with zero attached hydrogens (tertiary/aromatic N) is 4. The number of carboxylic acid groups (broad SMARTS) is 1. The van der Waals surface area contributed by atoms with E-state index in [1.807, 2.05) is 13.0 Å². The van der Waals surface area contributed by atoms with Gasteiger partial charge in [-0.05, 0) is 49.1 Å². The van der Waals surface area contributed by atoms with Crippen molar-refractivity contribution in [3.8, 4) is 10.4 Å². The summed E-state index contributed by atoms with van der Waals surface area (Å²) < 4.78 is 39.0. The third-order valence-electron chi connectivity index (χ3n) is 5.96. The predicted octanol–water partition coefficient (Wildman–Crippen LogP) is 4.14. The first-order chi connectivity index (χ1) is 17.9. The van der Waals surface area contributed by atoms with Gasteiger partial charge >= 0.3 is 18.2 Å². The SMILES string of the molecule is Cc1cc(Nc2nccc(C(F)(F)F)n2)cc(-c2cnc(C3(O)CCCN(C(=O)NCC(=O)O)CC3)s2)c1. The predicted molar refractivity (Wildman–Crippen MR) is 133 cm³/mol. The molecule has 1 unspecified atom stereocenters. The summed E-state index contributed by atoms with van der Waals surface area (Å²) in [6.45, 7) is 1.96. The van der Waals surface area contributed by atoms with Crippen LogP contribution in [0.15, 0.2) is 36.7 Å². The van der Waals surface area contributed by atoms with Gasteiger partial charge in [0.25, 0.3) is 0 Å². The normalized spacial score (nSPS) is 18.1. The van der Waals surface area contributed by atoms with Crippen molar-refractivity contribution in [1.29, 1.82) is 0 Å². The molecule has 3 heterocycles. The molecular weight excluding hydrogens is 525 g/mol. The van der Waals surface area contributed by atoms with Crippen LogP contribution in [0, 0.1) is 6.92 Å². The van der Waals surface area contributed by atoms with Crippen LogP contribution < -0.4 is 10.6 Å². The number of anilines is 2. The fraction of sp³-hybridized carbons (Fsp3) is 0.375. The first-order valence-corrected chi connectivity index (χ1v) is 12.5. The second-order valence-electron chi connectivity index (χ2n) is 8.93. The molecule has 0 spiro atoms. The molecule has 1 aromatic carbocycles. The highest BCUT2D eigenvalue weighted by molar-refractivity contribution is 7.15. The number of amides is 2. The Bertz CT molecular complexity index is 1330. The molecule has 10 nitrogen and oxygen atoms in total. The molecule has 4 N–H and O–H groups in total. The number of urea groups is 1. The highest BCUT2D eigenvalue weighted by Gasteiger charge is 2.36. The van der Waals surface area contributed by atoms with Crippen molar-refractivity contribution in [2.75, 3.05) is 25.0 Å². The van der Waals surface area contributed by atoms with E-state index >= 15 is 0 Å². The van der Waals surface area contributed by atoms with Crippen LogP contribution >= 0.6 is 11.3 Å². The fourth-order valence-electron chi connectivity index (χ4n) is 4.13. The smallest absolute Gasteiger partial charge is 0.433 e. The minimum Gasteiger partial charge on any atom is -0.480 e. The summed E-state index contributed by atoms with van der Waals surface area (Å²) in [6, 6.07) is 5.67. The zero-order valence-corrected chi connectivity index (χ0v) is 21.1.